The van der Waals surface area contributed by atoms with Gasteiger partial charge in [-0.2, -0.15) is 0 Å². The lowest BCUT2D eigenvalue weighted by atomic mass is 9.95. The minimum absolute atomic E-state index is 0.501. The standard InChI is InChI=1S/C14H20N2O/c1-2-4-12(5-3-1)13-6-7-15-14(13)16-8-10-17-11-9-16/h1-5,13-15H,6-11H2/t13-,14-/m1/s1. The largest absolute Gasteiger partial charge is 0.379 e. The van der Waals surface area contributed by atoms with E-state index >= 15 is 0 Å². The van der Waals surface area contributed by atoms with Crippen molar-refractivity contribution in [1.29, 1.82) is 0 Å². The van der Waals surface area contributed by atoms with Crippen molar-refractivity contribution in [3.05, 3.63) is 35.9 Å². The molecule has 2 fully saturated rings. The SMILES string of the molecule is c1ccc([C@H]2CCN[C@@H]2N2CCOCC2)cc1. The van der Waals surface area contributed by atoms with E-state index in [-0.39, 0.29) is 0 Å². The monoisotopic (exact) mass is 232 g/mol. The summed E-state index contributed by atoms with van der Waals surface area (Å²) >= 11 is 0. The molecule has 2 aliphatic heterocycles. The second-order valence-electron chi connectivity index (χ2n) is 4.85. The van der Waals surface area contributed by atoms with Crippen LogP contribution in [0.4, 0.5) is 0 Å². The Morgan fingerprint density at radius 3 is 2.65 bits per heavy atom. The van der Waals surface area contributed by atoms with Crippen molar-refractivity contribution in [2.75, 3.05) is 32.8 Å². The number of benzene rings is 1. The van der Waals surface area contributed by atoms with E-state index in [9.17, 15) is 0 Å². The van der Waals surface area contributed by atoms with Gasteiger partial charge in [-0.1, -0.05) is 30.3 Å². The van der Waals surface area contributed by atoms with Gasteiger partial charge < -0.3 is 10.1 Å². The molecule has 0 saturated carbocycles. The lowest BCUT2D eigenvalue weighted by Crippen LogP contribution is -2.49. The van der Waals surface area contributed by atoms with Crippen molar-refractivity contribution in [3.8, 4) is 0 Å². The molecule has 17 heavy (non-hydrogen) atoms. The molecule has 0 unspecified atom stereocenters. The molecule has 92 valence electrons. The van der Waals surface area contributed by atoms with Crippen LogP contribution in [0, 0.1) is 0 Å². The predicted molar refractivity (Wildman–Crippen MR) is 68.0 cm³/mol. The molecule has 2 atom stereocenters. The zero-order chi connectivity index (χ0) is 11.5. The first-order valence-corrected chi connectivity index (χ1v) is 6.55. The number of morpholine rings is 1. The fraction of sp³-hybridized carbons (Fsp3) is 0.571. The zero-order valence-electron chi connectivity index (χ0n) is 10.1. The minimum Gasteiger partial charge on any atom is -0.379 e. The highest BCUT2D eigenvalue weighted by atomic mass is 16.5. The zero-order valence-corrected chi connectivity index (χ0v) is 10.1. The van der Waals surface area contributed by atoms with Crippen LogP contribution in [-0.4, -0.2) is 43.9 Å². The number of rotatable bonds is 2. The average Bonchev–Trinajstić information content (AvgIpc) is 2.90. The van der Waals surface area contributed by atoms with Gasteiger partial charge in [-0.15, -0.1) is 0 Å². The summed E-state index contributed by atoms with van der Waals surface area (Å²) in [6, 6.07) is 10.9. The molecule has 2 aliphatic rings. The molecule has 1 aromatic rings. The van der Waals surface area contributed by atoms with Crippen LogP contribution in [0.5, 0.6) is 0 Å². The lowest BCUT2D eigenvalue weighted by Gasteiger charge is -2.35. The molecule has 0 aromatic heterocycles. The van der Waals surface area contributed by atoms with Crippen LogP contribution >= 0.6 is 0 Å². The first-order valence-electron chi connectivity index (χ1n) is 6.55. The van der Waals surface area contributed by atoms with Crippen LogP contribution in [0.25, 0.3) is 0 Å². The molecule has 2 heterocycles. The van der Waals surface area contributed by atoms with Crippen LogP contribution in [0.3, 0.4) is 0 Å². The Labute approximate surface area is 103 Å². The number of nitrogens with zero attached hydrogens (tertiary/aromatic N) is 1. The van der Waals surface area contributed by atoms with Crippen molar-refractivity contribution in [3.63, 3.8) is 0 Å². The quantitative estimate of drug-likeness (QED) is 0.834. The van der Waals surface area contributed by atoms with Gasteiger partial charge >= 0.3 is 0 Å². The van der Waals surface area contributed by atoms with E-state index in [1.165, 1.54) is 12.0 Å². The van der Waals surface area contributed by atoms with Gasteiger partial charge in [0.25, 0.3) is 0 Å². The molecule has 0 spiro atoms. The predicted octanol–water partition coefficient (Wildman–Crippen LogP) is 1.42. The maximum Gasteiger partial charge on any atom is 0.0669 e. The summed E-state index contributed by atoms with van der Waals surface area (Å²) in [6.07, 6.45) is 1.74. The highest BCUT2D eigenvalue weighted by Crippen LogP contribution is 2.29. The van der Waals surface area contributed by atoms with E-state index in [0.717, 1.165) is 32.8 Å². The molecule has 0 radical (unpaired) electrons. The van der Waals surface area contributed by atoms with Crippen molar-refractivity contribution in [2.45, 2.75) is 18.5 Å². The number of hydrogen-bond donors (Lipinski definition) is 1. The third-order valence-corrected chi connectivity index (χ3v) is 3.86. The Bertz CT molecular complexity index is 348. The fourth-order valence-corrected chi connectivity index (χ4v) is 2.98. The number of ether oxygens (including phenoxy) is 1. The Morgan fingerprint density at radius 1 is 1.12 bits per heavy atom. The van der Waals surface area contributed by atoms with Gasteiger partial charge in [-0.05, 0) is 18.5 Å². The third kappa shape index (κ3) is 2.37. The second kappa shape index (κ2) is 5.17. The summed E-state index contributed by atoms with van der Waals surface area (Å²) in [6.45, 7) is 4.99. The first kappa shape index (κ1) is 11.2. The van der Waals surface area contributed by atoms with Crippen LogP contribution in [-0.2, 0) is 4.74 Å². The second-order valence-corrected chi connectivity index (χ2v) is 4.85. The van der Waals surface area contributed by atoms with Gasteiger partial charge in [0.05, 0.1) is 19.4 Å². The summed E-state index contributed by atoms with van der Waals surface area (Å²) in [5.74, 6) is 0.634. The Kier molecular flexibility index (Phi) is 3.41. The number of hydrogen-bond acceptors (Lipinski definition) is 3. The summed E-state index contributed by atoms with van der Waals surface area (Å²) in [4.78, 5) is 2.54. The molecule has 0 aliphatic carbocycles. The summed E-state index contributed by atoms with van der Waals surface area (Å²) in [5, 5.41) is 3.65. The van der Waals surface area contributed by atoms with E-state index < -0.39 is 0 Å². The Balaban J connectivity index is 1.75. The first-order chi connectivity index (χ1) is 8.45. The summed E-state index contributed by atoms with van der Waals surface area (Å²) < 4.78 is 5.43. The van der Waals surface area contributed by atoms with Crippen molar-refractivity contribution in [1.82, 2.24) is 10.2 Å². The van der Waals surface area contributed by atoms with Crippen LogP contribution < -0.4 is 5.32 Å². The molecular formula is C14H20N2O. The van der Waals surface area contributed by atoms with E-state index in [4.69, 9.17) is 4.74 Å². The molecule has 3 rings (SSSR count). The Hall–Kier alpha value is -0.900. The van der Waals surface area contributed by atoms with Crippen molar-refractivity contribution in [2.24, 2.45) is 0 Å². The van der Waals surface area contributed by atoms with Crippen LogP contribution in [0.1, 0.15) is 17.9 Å². The van der Waals surface area contributed by atoms with Crippen molar-refractivity contribution >= 4 is 0 Å². The molecule has 0 bridgehead atoms. The molecule has 3 heteroatoms. The van der Waals surface area contributed by atoms with Gasteiger partial charge in [-0.25, -0.2) is 0 Å². The molecule has 2 saturated heterocycles. The smallest absolute Gasteiger partial charge is 0.0669 e. The van der Waals surface area contributed by atoms with Gasteiger partial charge in [0.15, 0.2) is 0 Å². The third-order valence-electron chi connectivity index (χ3n) is 3.86. The number of nitrogens with one attached hydrogen (secondary N) is 1. The summed E-state index contributed by atoms with van der Waals surface area (Å²) in [7, 11) is 0. The molecule has 1 N–H and O–H groups in total. The van der Waals surface area contributed by atoms with Gasteiger partial charge in [0, 0.05) is 19.0 Å². The highest BCUT2D eigenvalue weighted by molar-refractivity contribution is 5.22. The van der Waals surface area contributed by atoms with Crippen LogP contribution in [0.15, 0.2) is 30.3 Å². The van der Waals surface area contributed by atoms with Gasteiger partial charge in [-0.3, -0.25) is 4.90 Å². The minimum atomic E-state index is 0.501. The van der Waals surface area contributed by atoms with Gasteiger partial charge in [0.2, 0.25) is 0 Å². The van der Waals surface area contributed by atoms with Crippen molar-refractivity contribution < 1.29 is 4.74 Å². The maximum atomic E-state index is 5.43. The van der Waals surface area contributed by atoms with E-state index in [2.05, 4.69) is 40.5 Å². The topological polar surface area (TPSA) is 24.5 Å². The molecule has 1 aromatic carbocycles. The maximum absolute atomic E-state index is 5.43. The average molecular weight is 232 g/mol. The molecular weight excluding hydrogens is 212 g/mol. The fourth-order valence-electron chi connectivity index (χ4n) is 2.98. The molecule has 0 amide bonds. The summed E-state index contributed by atoms with van der Waals surface area (Å²) in [5.41, 5.74) is 1.47. The lowest BCUT2D eigenvalue weighted by molar-refractivity contribution is 0.00953. The highest BCUT2D eigenvalue weighted by Gasteiger charge is 2.33. The van der Waals surface area contributed by atoms with E-state index in [1.54, 1.807) is 0 Å². The van der Waals surface area contributed by atoms with Crippen LogP contribution in [0.2, 0.25) is 0 Å². The Morgan fingerprint density at radius 2 is 1.88 bits per heavy atom. The van der Waals surface area contributed by atoms with E-state index in [0.29, 0.717) is 12.1 Å². The molecule has 3 nitrogen and oxygen atoms in total. The van der Waals surface area contributed by atoms with Gasteiger partial charge in [0.1, 0.15) is 0 Å². The normalized spacial score (nSPS) is 30.6. The van der Waals surface area contributed by atoms with E-state index in [1.807, 2.05) is 0 Å².